The molecule has 2 rings (SSSR count). The minimum Gasteiger partial charge on any atom is -0.467 e. The molecule has 0 unspecified atom stereocenters. The van der Waals surface area contributed by atoms with Crippen molar-refractivity contribution in [2.24, 2.45) is 0 Å². The van der Waals surface area contributed by atoms with Crippen molar-refractivity contribution in [2.75, 3.05) is 12.8 Å². The highest BCUT2D eigenvalue weighted by molar-refractivity contribution is 5.56. The average Bonchev–Trinajstić information content (AvgIpc) is 2.26. The first-order valence-electron chi connectivity index (χ1n) is 4.60. The van der Waals surface area contributed by atoms with Gasteiger partial charge in [0, 0.05) is 11.6 Å². The van der Waals surface area contributed by atoms with Gasteiger partial charge in [0.1, 0.15) is 11.6 Å². The second-order valence-corrected chi connectivity index (χ2v) is 3.16. The molecule has 2 aromatic rings. The standard InChI is InChI=1S/C10H8F2N4O/c1-17-10-15-8(14-9(13)16-10)5-2-6(11)4-7(12)3-5/h2-4H,1H3,(H2,13,14,15,16). The number of aromatic nitrogens is 3. The summed E-state index contributed by atoms with van der Waals surface area (Å²) in [4.78, 5) is 11.3. The van der Waals surface area contributed by atoms with Crippen LogP contribution in [0.5, 0.6) is 6.01 Å². The molecule has 88 valence electrons. The Balaban J connectivity index is 2.55. The van der Waals surface area contributed by atoms with E-state index in [1.165, 1.54) is 7.11 Å². The van der Waals surface area contributed by atoms with Crippen molar-refractivity contribution in [3.63, 3.8) is 0 Å². The minimum absolute atomic E-state index is 0.0165. The van der Waals surface area contributed by atoms with Gasteiger partial charge < -0.3 is 10.5 Å². The highest BCUT2D eigenvalue weighted by Crippen LogP contribution is 2.20. The van der Waals surface area contributed by atoms with Crippen LogP contribution in [-0.2, 0) is 0 Å². The van der Waals surface area contributed by atoms with Gasteiger partial charge in [0.05, 0.1) is 7.11 Å². The lowest BCUT2D eigenvalue weighted by molar-refractivity contribution is 0.379. The quantitative estimate of drug-likeness (QED) is 0.856. The highest BCUT2D eigenvalue weighted by Gasteiger charge is 2.09. The molecule has 0 bridgehead atoms. The van der Waals surface area contributed by atoms with Crippen LogP contribution in [0.3, 0.4) is 0 Å². The van der Waals surface area contributed by atoms with Gasteiger partial charge in [-0.3, -0.25) is 0 Å². The van der Waals surface area contributed by atoms with Gasteiger partial charge >= 0.3 is 6.01 Å². The van der Waals surface area contributed by atoms with E-state index in [4.69, 9.17) is 10.5 Å². The van der Waals surface area contributed by atoms with E-state index >= 15 is 0 Å². The van der Waals surface area contributed by atoms with Crippen molar-refractivity contribution in [1.29, 1.82) is 0 Å². The summed E-state index contributed by atoms with van der Waals surface area (Å²) >= 11 is 0. The zero-order chi connectivity index (χ0) is 12.4. The first-order valence-corrected chi connectivity index (χ1v) is 4.60. The van der Waals surface area contributed by atoms with Crippen molar-refractivity contribution in [3.05, 3.63) is 29.8 Å². The first-order chi connectivity index (χ1) is 8.08. The number of benzene rings is 1. The number of rotatable bonds is 2. The van der Waals surface area contributed by atoms with Crippen LogP contribution < -0.4 is 10.5 Å². The van der Waals surface area contributed by atoms with Gasteiger partial charge in [-0.15, -0.1) is 0 Å². The Morgan fingerprint density at radius 1 is 1.06 bits per heavy atom. The van der Waals surface area contributed by atoms with Crippen molar-refractivity contribution >= 4 is 5.95 Å². The van der Waals surface area contributed by atoms with Crippen LogP contribution in [0.2, 0.25) is 0 Å². The number of nitrogens with two attached hydrogens (primary N) is 1. The van der Waals surface area contributed by atoms with Crippen molar-refractivity contribution in [3.8, 4) is 17.4 Å². The van der Waals surface area contributed by atoms with Crippen LogP contribution in [-0.4, -0.2) is 22.1 Å². The van der Waals surface area contributed by atoms with Crippen molar-refractivity contribution < 1.29 is 13.5 Å². The fourth-order valence-electron chi connectivity index (χ4n) is 1.28. The molecule has 1 heterocycles. The molecule has 0 atom stereocenters. The second kappa shape index (κ2) is 4.28. The van der Waals surface area contributed by atoms with Crippen LogP contribution in [0.4, 0.5) is 14.7 Å². The van der Waals surface area contributed by atoms with Crippen LogP contribution >= 0.6 is 0 Å². The maximum absolute atomic E-state index is 13.0. The molecule has 0 saturated carbocycles. The molecular weight excluding hydrogens is 230 g/mol. The third-order valence-corrected chi connectivity index (χ3v) is 1.94. The van der Waals surface area contributed by atoms with Crippen LogP contribution in [0.15, 0.2) is 18.2 Å². The Morgan fingerprint density at radius 2 is 1.71 bits per heavy atom. The predicted octanol–water partition coefficient (Wildman–Crippen LogP) is 1.41. The number of halogens is 2. The summed E-state index contributed by atoms with van der Waals surface area (Å²) in [7, 11) is 1.35. The van der Waals surface area contributed by atoms with Gasteiger partial charge in [0.2, 0.25) is 5.95 Å². The van der Waals surface area contributed by atoms with E-state index in [9.17, 15) is 8.78 Å². The lowest BCUT2D eigenvalue weighted by atomic mass is 10.2. The van der Waals surface area contributed by atoms with Crippen molar-refractivity contribution in [2.45, 2.75) is 0 Å². The highest BCUT2D eigenvalue weighted by atomic mass is 19.1. The lowest BCUT2D eigenvalue weighted by Gasteiger charge is -2.04. The molecule has 17 heavy (non-hydrogen) atoms. The normalized spacial score (nSPS) is 10.3. The molecule has 0 fully saturated rings. The Morgan fingerprint density at radius 3 is 2.29 bits per heavy atom. The van der Waals surface area contributed by atoms with Gasteiger partial charge in [-0.05, 0) is 12.1 Å². The Hall–Kier alpha value is -2.31. The number of anilines is 1. The summed E-state index contributed by atoms with van der Waals surface area (Å²) in [6, 6.07) is 2.93. The number of hydrogen-bond donors (Lipinski definition) is 1. The summed E-state index contributed by atoms with van der Waals surface area (Å²) in [6.45, 7) is 0. The van der Waals surface area contributed by atoms with E-state index in [0.29, 0.717) is 0 Å². The van der Waals surface area contributed by atoms with Gasteiger partial charge in [0.25, 0.3) is 0 Å². The van der Waals surface area contributed by atoms with Gasteiger partial charge in [0.15, 0.2) is 5.82 Å². The molecule has 5 nitrogen and oxygen atoms in total. The van der Waals surface area contributed by atoms with Crippen LogP contribution in [0, 0.1) is 11.6 Å². The van der Waals surface area contributed by atoms with E-state index in [0.717, 1.165) is 18.2 Å². The lowest BCUT2D eigenvalue weighted by Crippen LogP contribution is -2.03. The molecule has 0 aliphatic heterocycles. The molecule has 0 aliphatic carbocycles. The topological polar surface area (TPSA) is 73.9 Å². The minimum atomic E-state index is -0.724. The SMILES string of the molecule is COc1nc(N)nc(-c2cc(F)cc(F)c2)n1. The number of ether oxygens (including phenoxy) is 1. The molecule has 0 spiro atoms. The van der Waals surface area contributed by atoms with Gasteiger partial charge in [-0.1, -0.05) is 0 Å². The van der Waals surface area contributed by atoms with E-state index in [1.807, 2.05) is 0 Å². The zero-order valence-electron chi connectivity index (χ0n) is 8.82. The maximum atomic E-state index is 13.0. The van der Waals surface area contributed by atoms with Crippen LogP contribution in [0.25, 0.3) is 11.4 Å². The summed E-state index contributed by atoms with van der Waals surface area (Å²) in [5.74, 6) is -1.49. The molecule has 2 N–H and O–H groups in total. The zero-order valence-corrected chi connectivity index (χ0v) is 8.82. The molecule has 0 amide bonds. The maximum Gasteiger partial charge on any atom is 0.321 e. The van der Waals surface area contributed by atoms with Gasteiger partial charge in [-0.25, -0.2) is 8.78 Å². The van der Waals surface area contributed by atoms with Crippen molar-refractivity contribution in [1.82, 2.24) is 15.0 Å². The summed E-state index contributed by atoms with van der Waals surface area (Å²) in [6.07, 6.45) is 0. The first kappa shape index (κ1) is 11.2. The largest absolute Gasteiger partial charge is 0.467 e. The predicted molar refractivity (Wildman–Crippen MR) is 56.1 cm³/mol. The number of nitrogen functional groups attached to an aromatic ring is 1. The van der Waals surface area contributed by atoms with E-state index in [1.54, 1.807) is 0 Å². The molecule has 0 saturated heterocycles. The fourth-order valence-corrected chi connectivity index (χ4v) is 1.28. The smallest absolute Gasteiger partial charge is 0.321 e. The Kier molecular flexibility index (Phi) is 2.82. The molecular formula is C10H8F2N4O. The number of methoxy groups -OCH3 is 1. The summed E-state index contributed by atoms with van der Waals surface area (Å²) < 4.78 is 30.8. The third kappa shape index (κ3) is 2.44. The molecule has 1 aromatic carbocycles. The number of hydrogen-bond acceptors (Lipinski definition) is 5. The molecule has 0 radical (unpaired) electrons. The summed E-state index contributed by atoms with van der Waals surface area (Å²) in [5, 5.41) is 0. The molecule has 7 heteroatoms. The Labute approximate surface area is 95.3 Å². The number of nitrogens with zero attached hydrogens (tertiary/aromatic N) is 3. The Bertz CT molecular complexity index is 542. The van der Waals surface area contributed by atoms with Gasteiger partial charge in [-0.2, -0.15) is 15.0 Å². The average molecular weight is 238 g/mol. The molecule has 0 aliphatic rings. The van der Waals surface area contributed by atoms with Crippen LogP contribution in [0.1, 0.15) is 0 Å². The van der Waals surface area contributed by atoms with E-state index < -0.39 is 11.6 Å². The van der Waals surface area contributed by atoms with E-state index in [-0.39, 0.29) is 23.3 Å². The molecule has 1 aromatic heterocycles. The summed E-state index contributed by atoms with van der Waals surface area (Å²) in [5.41, 5.74) is 5.58. The fraction of sp³-hybridized carbons (Fsp3) is 0.100. The third-order valence-electron chi connectivity index (χ3n) is 1.94. The second-order valence-electron chi connectivity index (χ2n) is 3.16. The monoisotopic (exact) mass is 238 g/mol. The van der Waals surface area contributed by atoms with E-state index in [2.05, 4.69) is 15.0 Å².